The molecule has 19 heavy (non-hydrogen) atoms. The summed E-state index contributed by atoms with van der Waals surface area (Å²) in [6.45, 7) is 5.23. The topological polar surface area (TPSA) is 67.4 Å². The average Bonchev–Trinajstić information content (AvgIpc) is 2.38. The van der Waals surface area contributed by atoms with Crippen LogP contribution < -0.4 is 10.0 Å². The molecule has 1 atom stereocenters. The molecule has 0 aliphatic carbocycles. The van der Waals surface area contributed by atoms with E-state index in [0.29, 0.717) is 18.2 Å². The number of hydrogen-bond donors (Lipinski definition) is 2. The molecular formula is C13H22N2O3S. The maximum absolute atomic E-state index is 11.4. The fourth-order valence-corrected chi connectivity index (χ4v) is 2.18. The van der Waals surface area contributed by atoms with Crippen molar-refractivity contribution >= 4 is 21.4 Å². The van der Waals surface area contributed by atoms with E-state index in [-0.39, 0.29) is 5.75 Å². The fraction of sp³-hybridized carbons (Fsp3) is 0.538. The van der Waals surface area contributed by atoms with Gasteiger partial charge in [-0.3, -0.25) is 4.72 Å². The Balaban J connectivity index is 2.52. The number of ether oxygens (including phenoxy) is 1. The van der Waals surface area contributed by atoms with E-state index >= 15 is 0 Å². The van der Waals surface area contributed by atoms with E-state index in [1.165, 1.54) is 0 Å². The molecule has 108 valence electrons. The number of rotatable bonds is 8. The van der Waals surface area contributed by atoms with Crippen molar-refractivity contribution in [3.8, 4) is 0 Å². The molecule has 0 saturated heterocycles. The van der Waals surface area contributed by atoms with Crippen LogP contribution in [0.5, 0.6) is 0 Å². The highest BCUT2D eigenvalue weighted by Crippen LogP contribution is 2.15. The Morgan fingerprint density at radius 2 is 1.79 bits per heavy atom. The van der Waals surface area contributed by atoms with Crippen molar-refractivity contribution in [3.05, 3.63) is 24.3 Å². The lowest BCUT2D eigenvalue weighted by molar-refractivity contribution is 0.164. The van der Waals surface area contributed by atoms with E-state index in [1.54, 1.807) is 26.2 Å². The third kappa shape index (κ3) is 5.94. The van der Waals surface area contributed by atoms with Crippen molar-refractivity contribution in [1.82, 2.24) is 0 Å². The summed E-state index contributed by atoms with van der Waals surface area (Å²) in [5, 5.41) is 3.28. The normalized spacial score (nSPS) is 13.0. The van der Waals surface area contributed by atoms with Crippen LogP contribution >= 0.6 is 0 Å². The largest absolute Gasteiger partial charge is 0.385 e. The Kier molecular flexibility index (Phi) is 6.11. The number of anilines is 2. The van der Waals surface area contributed by atoms with Crippen LogP contribution in [0.25, 0.3) is 0 Å². The van der Waals surface area contributed by atoms with Gasteiger partial charge in [-0.1, -0.05) is 6.92 Å². The molecule has 0 heterocycles. The van der Waals surface area contributed by atoms with Crippen molar-refractivity contribution in [2.45, 2.75) is 13.8 Å². The molecular weight excluding hydrogens is 264 g/mol. The molecule has 0 aromatic heterocycles. The third-order valence-electron chi connectivity index (χ3n) is 2.64. The quantitative estimate of drug-likeness (QED) is 0.768. The van der Waals surface area contributed by atoms with Gasteiger partial charge in [0.05, 0.1) is 12.4 Å². The van der Waals surface area contributed by atoms with Crippen molar-refractivity contribution in [1.29, 1.82) is 0 Å². The van der Waals surface area contributed by atoms with Gasteiger partial charge in [-0.05, 0) is 37.1 Å². The second-order valence-corrected chi connectivity index (χ2v) is 6.54. The minimum atomic E-state index is -3.21. The van der Waals surface area contributed by atoms with Crippen molar-refractivity contribution in [3.63, 3.8) is 0 Å². The summed E-state index contributed by atoms with van der Waals surface area (Å²) in [6.07, 6.45) is 0. The Hall–Kier alpha value is -1.27. The van der Waals surface area contributed by atoms with Crippen LogP contribution in [0.2, 0.25) is 0 Å². The standard InChI is InChI=1S/C13H22N2O3S/c1-4-19(16,17)15-13-7-5-12(6-8-13)14-9-11(2)10-18-3/h5-8,11,14-15H,4,9-10H2,1-3H3. The Morgan fingerprint density at radius 3 is 2.32 bits per heavy atom. The highest BCUT2D eigenvalue weighted by Gasteiger charge is 2.06. The Bertz CT molecular complexity index is 471. The lowest BCUT2D eigenvalue weighted by atomic mass is 10.2. The molecule has 0 aliphatic rings. The van der Waals surface area contributed by atoms with Crippen molar-refractivity contribution < 1.29 is 13.2 Å². The first-order valence-corrected chi connectivity index (χ1v) is 7.95. The summed E-state index contributed by atoms with van der Waals surface area (Å²) in [5.41, 5.74) is 1.54. The lowest BCUT2D eigenvalue weighted by Crippen LogP contribution is -2.16. The number of methoxy groups -OCH3 is 1. The predicted molar refractivity (Wildman–Crippen MR) is 79.1 cm³/mol. The summed E-state index contributed by atoms with van der Waals surface area (Å²) < 4.78 is 30.4. The molecule has 1 aromatic carbocycles. The Morgan fingerprint density at radius 1 is 1.21 bits per heavy atom. The van der Waals surface area contributed by atoms with Gasteiger partial charge in [0.1, 0.15) is 0 Å². The van der Waals surface area contributed by atoms with Crippen LogP contribution in [-0.4, -0.2) is 34.4 Å². The van der Waals surface area contributed by atoms with E-state index in [1.807, 2.05) is 12.1 Å². The van der Waals surface area contributed by atoms with Crippen LogP contribution in [0.3, 0.4) is 0 Å². The van der Waals surface area contributed by atoms with E-state index in [2.05, 4.69) is 17.0 Å². The van der Waals surface area contributed by atoms with Gasteiger partial charge in [0.2, 0.25) is 10.0 Å². The van der Waals surface area contributed by atoms with Gasteiger partial charge in [0.15, 0.2) is 0 Å². The van der Waals surface area contributed by atoms with Crippen molar-refractivity contribution in [2.24, 2.45) is 5.92 Å². The lowest BCUT2D eigenvalue weighted by Gasteiger charge is -2.13. The zero-order valence-electron chi connectivity index (χ0n) is 11.6. The molecule has 2 N–H and O–H groups in total. The van der Waals surface area contributed by atoms with Gasteiger partial charge >= 0.3 is 0 Å². The van der Waals surface area contributed by atoms with Gasteiger partial charge < -0.3 is 10.1 Å². The van der Waals surface area contributed by atoms with Crippen LogP contribution in [0.4, 0.5) is 11.4 Å². The first kappa shape index (κ1) is 15.8. The van der Waals surface area contributed by atoms with Crippen LogP contribution in [0, 0.1) is 5.92 Å². The summed E-state index contributed by atoms with van der Waals surface area (Å²) in [7, 11) is -1.52. The molecule has 0 amide bonds. The van der Waals surface area contributed by atoms with Gasteiger partial charge in [-0.25, -0.2) is 8.42 Å². The summed E-state index contributed by atoms with van der Waals surface area (Å²) in [4.78, 5) is 0. The molecule has 0 spiro atoms. The summed E-state index contributed by atoms with van der Waals surface area (Å²) in [6, 6.07) is 7.20. The number of nitrogens with one attached hydrogen (secondary N) is 2. The highest BCUT2D eigenvalue weighted by molar-refractivity contribution is 7.92. The predicted octanol–water partition coefficient (Wildman–Crippen LogP) is 2.14. The summed E-state index contributed by atoms with van der Waals surface area (Å²) >= 11 is 0. The van der Waals surface area contributed by atoms with Crippen LogP contribution in [0.15, 0.2) is 24.3 Å². The van der Waals surface area contributed by atoms with E-state index in [4.69, 9.17) is 4.74 Å². The first-order valence-electron chi connectivity index (χ1n) is 6.30. The van der Waals surface area contributed by atoms with E-state index < -0.39 is 10.0 Å². The maximum Gasteiger partial charge on any atom is 0.232 e. The Labute approximate surface area is 115 Å². The number of benzene rings is 1. The summed E-state index contributed by atoms with van der Waals surface area (Å²) in [5.74, 6) is 0.491. The van der Waals surface area contributed by atoms with E-state index in [9.17, 15) is 8.42 Å². The number of hydrogen-bond acceptors (Lipinski definition) is 4. The van der Waals surface area contributed by atoms with Gasteiger partial charge in [0.25, 0.3) is 0 Å². The zero-order chi connectivity index (χ0) is 14.3. The second-order valence-electron chi connectivity index (χ2n) is 4.52. The molecule has 5 nitrogen and oxygen atoms in total. The monoisotopic (exact) mass is 286 g/mol. The molecule has 0 aliphatic heterocycles. The van der Waals surface area contributed by atoms with Crippen molar-refractivity contribution in [2.75, 3.05) is 36.1 Å². The maximum atomic E-state index is 11.4. The zero-order valence-corrected chi connectivity index (χ0v) is 12.5. The van der Waals surface area contributed by atoms with E-state index in [0.717, 1.165) is 12.2 Å². The highest BCUT2D eigenvalue weighted by atomic mass is 32.2. The molecule has 0 saturated carbocycles. The van der Waals surface area contributed by atoms with Crippen LogP contribution in [-0.2, 0) is 14.8 Å². The third-order valence-corrected chi connectivity index (χ3v) is 3.95. The molecule has 6 heteroatoms. The molecule has 0 radical (unpaired) electrons. The smallest absolute Gasteiger partial charge is 0.232 e. The molecule has 0 fully saturated rings. The van der Waals surface area contributed by atoms with Crippen LogP contribution in [0.1, 0.15) is 13.8 Å². The minimum absolute atomic E-state index is 0.0710. The average molecular weight is 286 g/mol. The van der Waals surface area contributed by atoms with Gasteiger partial charge in [0, 0.05) is 25.0 Å². The van der Waals surface area contributed by atoms with Gasteiger partial charge in [-0.15, -0.1) is 0 Å². The molecule has 0 bridgehead atoms. The molecule has 1 unspecified atom stereocenters. The fourth-order valence-electron chi connectivity index (χ4n) is 1.54. The SMILES string of the molecule is CCS(=O)(=O)Nc1ccc(NCC(C)COC)cc1. The minimum Gasteiger partial charge on any atom is -0.385 e. The second kappa shape index (κ2) is 7.35. The molecule has 1 rings (SSSR count). The first-order chi connectivity index (χ1) is 8.96. The van der Waals surface area contributed by atoms with Gasteiger partial charge in [-0.2, -0.15) is 0 Å². The number of sulfonamides is 1. The molecule has 1 aromatic rings.